The molecule has 0 saturated heterocycles. The second kappa shape index (κ2) is 4.11. The van der Waals surface area contributed by atoms with Crippen LogP contribution in [0, 0.1) is 0 Å². The first kappa shape index (κ1) is 10.7. The average molecular weight is 230 g/mol. The predicted octanol–water partition coefficient (Wildman–Crippen LogP) is 2.22. The molecule has 4 heteroatoms. The number of rotatable bonds is 4. The molecular weight excluding hydrogens is 212 g/mol. The Morgan fingerprint density at radius 3 is 3.00 bits per heavy atom. The van der Waals surface area contributed by atoms with Crippen LogP contribution in [0.1, 0.15) is 44.0 Å². The van der Waals surface area contributed by atoms with E-state index in [1.165, 1.54) is 12.8 Å². The number of hydrogen-bond acceptors (Lipinski definition) is 3. The van der Waals surface area contributed by atoms with E-state index in [2.05, 4.69) is 16.5 Å². The fraction of sp³-hybridized carbons (Fsp3) is 0.538. The maximum Gasteiger partial charge on any atom is 0.160 e. The summed E-state index contributed by atoms with van der Waals surface area (Å²) in [6.07, 6.45) is 5.37. The summed E-state index contributed by atoms with van der Waals surface area (Å²) in [6, 6.07) is 4.58. The SMILES string of the molecule is CCC(CN)c1nc2cccnc2n1C1CC1. The van der Waals surface area contributed by atoms with E-state index < -0.39 is 0 Å². The van der Waals surface area contributed by atoms with Crippen LogP contribution in [0.4, 0.5) is 0 Å². The zero-order valence-electron chi connectivity index (χ0n) is 10.1. The summed E-state index contributed by atoms with van der Waals surface area (Å²) in [7, 11) is 0. The number of hydrogen-bond donors (Lipinski definition) is 1. The Morgan fingerprint density at radius 1 is 1.53 bits per heavy atom. The maximum absolute atomic E-state index is 5.85. The third kappa shape index (κ3) is 1.72. The van der Waals surface area contributed by atoms with Gasteiger partial charge in [-0.05, 0) is 31.4 Å². The van der Waals surface area contributed by atoms with Crippen molar-refractivity contribution in [1.29, 1.82) is 0 Å². The van der Waals surface area contributed by atoms with Crippen LogP contribution in [0.2, 0.25) is 0 Å². The Labute approximate surface area is 101 Å². The Kier molecular flexibility index (Phi) is 2.59. The lowest BCUT2D eigenvalue weighted by atomic mass is 10.1. The zero-order valence-corrected chi connectivity index (χ0v) is 10.1. The second-order valence-electron chi connectivity index (χ2n) is 4.76. The standard InChI is InChI=1S/C13H18N4/c1-2-9(8-14)12-16-11-4-3-7-15-13(11)17(12)10-5-6-10/h3-4,7,9-10H,2,5-6,8,14H2,1H3. The smallest absolute Gasteiger partial charge is 0.160 e. The van der Waals surface area contributed by atoms with Crippen LogP contribution >= 0.6 is 0 Å². The molecule has 2 aromatic rings. The van der Waals surface area contributed by atoms with E-state index in [1.807, 2.05) is 18.3 Å². The lowest BCUT2D eigenvalue weighted by Gasteiger charge is -2.14. The summed E-state index contributed by atoms with van der Waals surface area (Å²) >= 11 is 0. The van der Waals surface area contributed by atoms with Gasteiger partial charge >= 0.3 is 0 Å². The van der Waals surface area contributed by atoms with E-state index in [-0.39, 0.29) is 0 Å². The van der Waals surface area contributed by atoms with Gasteiger partial charge in [-0.2, -0.15) is 0 Å². The van der Waals surface area contributed by atoms with E-state index in [9.17, 15) is 0 Å². The fourth-order valence-corrected chi connectivity index (χ4v) is 2.38. The van der Waals surface area contributed by atoms with Crippen LogP contribution in [-0.2, 0) is 0 Å². The Morgan fingerprint density at radius 2 is 2.35 bits per heavy atom. The highest BCUT2D eigenvalue weighted by Gasteiger charge is 2.30. The van der Waals surface area contributed by atoms with Crippen molar-refractivity contribution < 1.29 is 0 Å². The average Bonchev–Trinajstić information content (AvgIpc) is 3.12. The van der Waals surface area contributed by atoms with Gasteiger partial charge in [-0.25, -0.2) is 9.97 Å². The summed E-state index contributed by atoms with van der Waals surface area (Å²) in [4.78, 5) is 9.21. The molecule has 1 atom stereocenters. The van der Waals surface area contributed by atoms with Crippen molar-refractivity contribution in [1.82, 2.24) is 14.5 Å². The molecule has 2 aromatic heterocycles. The molecule has 4 nitrogen and oxygen atoms in total. The molecule has 0 radical (unpaired) electrons. The molecule has 0 amide bonds. The van der Waals surface area contributed by atoms with Crippen molar-refractivity contribution in [2.24, 2.45) is 5.73 Å². The molecule has 2 N–H and O–H groups in total. The molecule has 17 heavy (non-hydrogen) atoms. The molecule has 1 aliphatic carbocycles. The lowest BCUT2D eigenvalue weighted by molar-refractivity contribution is 0.578. The molecule has 0 spiro atoms. The van der Waals surface area contributed by atoms with Gasteiger partial charge < -0.3 is 10.3 Å². The molecular formula is C13H18N4. The molecule has 0 aromatic carbocycles. The van der Waals surface area contributed by atoms with Gasteiger partial charge in [0.1, 0.15) is 11.3 Å². The molecule has 0 bridgehead atoms. The summed E-state index contributed by atoms with van der Waals surface area (Å²) in [5, 5.41) is 0. The van der Waals surface area contributed by atoms with Gasteiger partial charge in [-0.15, -0.1) is 0 Å². The van der Waals surface area contributed by atoms with Crippen LogP contribution in [0.25, 0.3) is 11.2 Å². The second-order valence-corrected chi connectivity index (χ2v) is 4.76. The highest BCUT2D eigenvalue weighted by atomic mass is 15.2. The third-order valence-electron chi connectivity index (χ3n) is 3.53. The van der Waals surface area contributed by atoms with Crippen LogP contribution < -0.4 is 5.73 Å². The molecule has 1 aliphatic rings. The number of imidazole rings is 1. The van der Waals surface area contributed by atoms with E-state index in [0.717, 1.165) is 23.4 Å². The minimum Gasteiger partial charge on any atom is -0.330 e. The molecule has 3 rings (SSSR count). The quantitative estimate of drug-likeness (QED) is 0.876. The minimum atomic E-state index is 0.352. The minimum absolute atomic E-state index is 0.352. The number of fused-ring (bicyclic) bond motifs is 1. The first-order valence-corrected chi connectivity index (χ1v) is 6.38. The summed E-state index contributed by atoms with van der Waals surface area (Å²) < 4.78 is 2.32. The van der Waals surface area contributed by atoms with Crippen molar-refractivity contribution >= 4 is 11.2 Å². The lowest BCUT2D eigenvalue weighted by Crippen LogP contribution is -2.16. The van der Waals surface area contributed by atoms with E-state index >= 15 is 0 Å². The molecule has 1 fully saturated rings. The zero-order chi connectivity index (χ0) is 11.8. The Balaban J connectivity index is 2.18. The van der Waals surface area contributed by atoms with Crippen molar-refractivity contribution in [3.63, 3.8) is 0 Å². The molecule has 1 saturated carbocycles. The van der Waals surface area contributed by atoms with E-state index in [1.54, 1.807) is 0 Å². The first-order chi connectivity index (χ1) is 8.35. The van der Waals surface area contributed by atoms with Gasteiger partial charge in [0.2, 0.25) is 0 Å². The van der Waals surface area contributed by atoms with E-state index in [4.69, 9.17) is 10.7 Å². The molecule has 1 unspecified atom stereocenters. The van der Waals surface area contributed by atoms with Crippen LogP contribution in [0.15, 0.2) is 18.3 Å². The summed E-state index contributed by atoms with van der Waals surface area (Å²) in [5.41, 5.74) is 7.88. The van der Waals surface area contributed by atoms with Gasteiger partial charge in [0.25, 0.3) is 0 Å². The normalized spacial score (nSPS) is 17.5. The van der Waals surface area contributed by atoms with Crippen molar-refractivity contribution in [2.45, 2.75) is 38.1 Å². The largest absolute Gasteiger partial charge is 0.330 e. The van der Waals surface area contributed by atoms with Gasteiger partial charge in [0.05, 0.1) is 0 Å². The fourth-order valence-electron chi connectivity index (χ4n) is 2.38. The topological polar surface area (TPSA) is 56.7 Å². The Bertz CT molecular complexity index is 523. The van der Waals surface area contributed by atoms with E-state index in [0.29, 0.717) is 18.5 Å². The van der Waals surface area contributed by atoms with Gasteiger partial charge in [0, 0.05) is 24.7 Å². The first-order valence-electron chi connectivity index (χ1n) is 6.38. The van der Waals surface area contributed by atoms with Gasteiger partial charge in [0.15, 0.2) is 5.65 Å². The van der Waals surface area contributed by atoms with Gasteiger partial charge in [-0.1, -0.05) is 6.92 Å². The van der Waals surface area contributed by atoms with Crippen molar-refractivity contribution in [2.75, 3.05) is 6.54 Å². The van der Waals surface area contributed by atoms with Crippen LogP contribution in [0.3, 0.4) is 0 Å². The molecule has 0 aliphatic heterocycles. The highest BCUT2D eigenvalue weighted by molar-refractivity contribution is 5.71. The summed E-state index contributed by atoms with van der Waals surface area (Å²) in [5.74, 6) is 1.48. The number of pyridine rings is 1. The van der Waals surface area contributed by atoms with Crippen LogP contribution in [0.5, 0.6) is 0 Å². The summed E-state index contributed by atoms with van der Waals surface area (Å²) in [6.45, 7) is 2.83. The number of nitrogens with zero attached hydrogens (tertiary/aromatic N) is 3. The third-order valence-corrected chi connectivity index (χ3v) is 3.53. The van der Waals surface area contributed by atoms with Crippen LogP contribution in [-0.4, -0.2) is 21.1 Å². The molecule has 90 valence electrons. The predicted molar refractivity (Wildman–Crippen MR) is 67.9 cm³/mol. The maximum atomic E-state index is 5.85. The Hall–Kier alpha value is -1.42. The molecule has 2 heterocycles. The highest BCUT2D eigenvalue weighted by Crippen LogP contribution is 2.39. The number of nitrogens with two attached hydrogens (primary N) is 1. The van der Waals surface area contributed by atoms with Gasteiger partial charge in [-0.3, -0.25) is 0 Å². The monoisotopic (exact) mass is 230 g/mol. The number of aromatic nitrogens is 3. The van der Waals surface area contributed by atoms with Crippen molar-refractivity contribution in [3.05, 3.63) is 24.2 Å². The van der Waals surface area contributed by atoms with Crippen molar-refractivity contribution in [3.8, 4) is 0 Å².